The van der Waals surface area contributed by atoms with Gasteiger partial charge in [0.15, 0.2) is 17.3 Å². The molecule has 0 bridgehead atoms. The molecule has 2 aromatic carbocycles. The highest BCUT2D eigenvalue weighted by molar-refractivity contribution is 5.96. The van der Waals surface area contributed by atoms with Crippen LogP contribution in [0.5, 0.6) is 5.75 Å². The molecule has 3 rings (SSSR count). The molecule has 1 saturated carbocycles. The van der Waals surface area contributed by atoms with Crippen molar-refractivity contribution >= 4 is 5.78 Å². The highest BCUT2D eigenvalue weighted by Crippen LogP contribution is 2.42. The molecule has 1 aliphatic carbocycles. The van der Waals surface area contributed by atoms with Crippen molar-refractivity contribution in [2.24, 2.45) is 5.92 Å². The van der Waals surface area contributed by atoms with Crippen molar-refractivity contribution in [3.63, 3.8) is 0 Å². The molecule has 29 heavy (non-hydrogen) atoms. The summed E-state index contributed by atoms with van der Waals surface area (Å²) in [7, 11) is 1.50. The molecule has 0 spiro atoms. The first-order valence-corrected chi connectivity index (χ1v) is 10.6. The van der Waals surface area contributed by atoms with Crippen molar-refractivity contribution in [2.75, 3.05) is 13.7 Å². The van der Waals surface area contributed by atoms with Crippen LogP contribution in [0.4, 0.5) is 4.39 Å². The Balaban J connectivity index is 1.56. The van der Waals surface area contributed by atoms with E-state index in [9.17, 15) is 9.18 Å². The van der Waals surface area contributed by atoms with E-state index in [1.54, 1.807) is 0 Å². The number of aliphatic hydroxyl groups excluding tert-OH is 1. The van der Waals surface area contributed by atoms with Crippen LogP contribution in [0.3, 0.4) is 0 Å². The summed E-state index contributed by atoms with van der Waals surface area (Å²) in [5.41, 5.74) is 3.16. The molecule has 0 heterocycles. The van der Waals surface area contributed by atoms with Crippen LogP contribution in [-0.4, -0.2) is 24.6 Å². The Morgan fingerprint density at radius 1 is 1.21 bits per heavy atom. The van der Waals surface area contributed by atoms with Crippen molar-refractivity contribution in [1.29, 1.82) is 0 Å². The molecule has 0 saturated heterocycles. The maximum atomic E-state index is 13.7. The SMILES string of the molecule is COc1cc([C@@H](C)CC2CC[C@H](c3ccc(C(=O)CCCO)cc3)C2)ccc1F. The predicted molar refractivity (Wildman–Crippen MR) is 113 cm³/mol. The van der Waals surface area contributed by atoms with Crippen molar-refractivity contribution in [3.05, 3.63) is 65.0 Å². The standard InChI is InChI=1S/C25H31FO3/c1-17(21-11-12-23(26)25(16-21)29-2)14-18-5-6-22(15-18)19-7-9-20(10-8-19)24(28)4-3-13-27/h7-12,16-18,22,27H,3-6,13-15H2,1-2H3/t17-,18?,22-/m0/s1. The number of ketones is 1. The van der Waals surface area contributed by atoms with E-state index in [4.69, 9.17) is 9.84 Å². The molecule has 1 fully saturated rings. The average molecular weight is 399 g/mol. The van der Waals surface area contributed by atoms with E-state index in [1.807, 2.05) is 24.3 Å². The normalized spacial score (nSPS) is 19.9. The molecule has 1 unspecified atom stereocenters. The lowest BCUT2D eigenvalue weighted by molar-refractivity contribution is 0.0971. The number of carbonyl (C=O) groups excluding carboxylic acids is 1. The first-order valence-electron chi connectivity index (χ1n) is 10.6. The molecule has 3 nitrogen and oxygen atoms in total. The number of carbonyl (C=O) groups is 1. The van der Waals surface area contributed by atoms with Crippen LogP contribution < -0.4 is 4.74 Å². The lowest BCUT2D eigenvalue weighted by atomic mass is 9.87. The zero-order valence-electron chi connectivity index (χ0n) is 17.4. The molecular formula is C25H31FO3. The lowest BCUT2D eigenvalue weighted by Gasteiger charge is -2.18. The Morgan fingerprint density at radius 2 is 1.97 bits per heavy atom. The third-order valence-electron chi connectivity index (χ3n) is 6.24. The maximum Gasteiger partial charge on any atom is 0.165 e. The van der Waals surface area contributed by atoms with Crippen LogP contribution in [0.2, 0.25) is 0 Å². The van der Waals surface area contributed by atoms with Crippen molar-refractivity contribution in [1.82, 2.24) is 0 Å². The average Bonchev–Trinajstić information content (AvgIpc) is 3.20. The number of benzene rings is 2. The van der Waals surface area contributed by atoms with E-state index < -0.39 is 0 Å². The van der Waals surface area contributed by atoms with Crippen LogP contribution in [0.25, 0.3) is 0 Å². The Kier molecular flexibility index (Phi) is 7.43. The summed E-state index contributed by atoms with van der Waals surface area (Å²) in [6, 6.07) is 13.2. The molecule has 1 aliphatic rings. The number of Topliss-reactive ketones (excluding diaryl/α,β-unsaturated/α-hetero) is 1. The number of hydrogen-bond donors (Lipinski definition) is 1. The lowest BCUT2D eigenvalue weighted by Crippen LogP contribution is -2.04. The summed E-state index contributed by atoms with van der Waals surface area (Å²) >= 11 is 0. The minimum Gasteiger partial charge on any atom is -0.494 e. The van der Waals surface area contributed by atoms with Gasteiger partial charge in [-0.15, -0.1) is 0 Å². The Hall–Kier alpha value is -2.20. The van der Waals surface area contributed by atoms with Gasteiger partial charge >= 0.3 is 0 Å². The van der Waals surface area contributed by atoms with E-state index in [0.717, 1.165) is 24.0 Å². The fourth-order valence-electron chi connectivity index (χ4n) is 4.54. The van der Waals surface area contributed by atoms with Gasteiger partial charge in [-0.25, -0.2) is 4.39 Å². The number of hydrogen-bond acceptors (Lipinski definition) is 3. The van der Waals surface area contributed by atoms with Gasteiger partial charge in [0.05, 0.1) is 7.11 Å². The Bertz CT molecular complexity index is 815. The van der Waals surface area contributed by atoms with Crippen molar-refractivity contribution < 1.29 is 19.0 Å². The fraction of sp³-hybridized carbons (Fsp3) is 0.480. The third-order valence-corrected chi connectivity index (χ3v) is 6.24. The quantitative estimate of drug-likeness (QED) is 0.538. The molecule has 0 radical (unpaired) electrons. The van der Waals surface area contributed by atoms with Gasteiger partial charge < -0.3 is 9.84 Å². The molecule has 0 aliphatic heterocycles. The van der Waals surface area contributed by atoms with Crippen LogP contribution in [0.15, 0.2) is 42.5 Å². The molecule has 156 valence electrons. The minimum atomic E-state index is -0.317. The molecular weight excluding hydrogens is 367 g/mol. The van der Waals surface area contributed by atoms with Crippen LogP contribution in [0.1, 0.15) is 78.8 Å². The van der Waals surface area contributed by atoms with E-state index in [1.165, 1.54) is 31.6 Å². The van der Waals surface area contributed by atoms with Gasteiger partial charge in [0.25, 0.3) is 0 Å². The molecule has 2 aromatic rings. The maximum absolute atomic E-state index is 13.7. The van der Waals surface area contributed by atoms with Crippen molar-refractivity contribution in [3.8, 4) is 5.75 Å². The minimum absolute atomic E-state index is 0.0520. The topological polar surface area (TPSA) is 46.5 Å². The summed E-state index contributed by atoms with van der Waals surface area (Å²) in [5.74, 6) is 1.64. The smallest absolute Gasteiger partial charge is 0.165 e. The second kappa shape index (κ2) is 10.0. The first kappa shape index (κ1) is 21.5. The summed E-state index contributed by atoms with van der Waals surface area (Å²) in [5, 5.41) is 8.87. The summed E-state index contributed by atoms with van der Waals surface area (Å²) in [4.78, 5) is 12.1. The Morgan fingerprint density at radius 3 is 2.66 bits per heavy atom. The van der Waals surface area contributed by atoms with Gasteiger partial charge in [-0.3, -0.25) is 4.79 Å². The molecule has 4 heteroatoms. The number of ether oxygens (including phenoxy) is 1. The molecule has 3 atom stereocenters. The fourth-order valence-corrected chi connectivity index (χ4v) is 4.54. The highest BCUT2D eigenvalue weighted by Gasteiger charge is 2.27. The van der Waals surface area contributed by atoms with Gasteiger partial charge in [0, 0.05) is 18.6 Å². The summed E-state index contributed by atoms with van der Waals surface area (Å²) in [6.45, 7) is 2.25. The van der Waals surface area contributed by atoms with E-state index in [0.29, 0.717) is 36.3 Å². The van der Waals surface area contributed by atoms with Crippen LogP contribution in [0, 0.1) is 11.7 Å². The van der Waals surface area contributed by atoms with Gasteiger partial charge in [-0.1, -0.05) is 37.3 Å². The zero-order valence-corrected chi connectivity index (χ0v) is 17.4. The van der Waals surface area contributed by atoms with Crippen molar-refractivity contribution in [2.45, 2.75) is 57.3 Å². The van der Waals surface area contributed by atoms with Gasteiger partial charge in [0.1, 0.15) is 0 Å². The number of aliphatic hydroxyl groups is 1. The number of rotatable bonds is 9. The summed E-state index contributed by atoms with van der Waals surface area (Å²) < 4.78 is 18.8. The highest BCUT2D eigenvalue weighted by atomic mass is 19.1. The van der Waals surface area contributed by atoms with Gasteiger partial charge in [-0.05, 0) is 73.1 Å². The van der Waals surface area contributed by atoms with Gasteiger partial charge in [0.2, 0.25) is 0 Å². The second-order valence-corrected chi connectivity index (χ2v) is 8.28. The molecule has 1 N–H and O–H groups in total. The third kappa shape index (κ3) is 5.45. The van der Waals surface area contributed by atoms with E-state index in [2.05, 4.69) is 19.1 Å². The Labute approximate surface area is 172 Å². The number of methoxy groups -OCH3 is 1. The van der Waals surface area contributed by atoms with Crippen LogP contribution in [-0.2, 0) is 0 Å². The van der Waals surface area contributed by atoms with E-state index >= 15 is 0 Å². The molecule has 0 aromatic heterocycles. The largest absolute Gasteiger partial charge is 0.494 e. The summed E-state index contributed by atoms with van der Waals surface area (Å²) in [6.07, 6.45) is 5.52. The van der Waals surface area contributed by atoms with Crippen LogP contribution >= 0.6 is 0 Å². The zero-order chi connectivity index (χ0) is 20.8. The second-order valence-electron chi connectivity index (χ2n) is 8.28. The molecule has 0 amide bonds. The first-order chi connectivity index (χ1) is 14.0. The van der Waals surface area contributed by atoms with E-state index in [-0.39, 0.29) is 18.2 Å². The monoisotopic (exact) mass is 398 g/mol. The number of halogens is 1. The van der Waals surface area contributed by atoms with Gasteiger partial charge in [-0.2, -0.15) is 0 Å². The predicted octanol–water partition coefficient (Wildman–Crippen LogP) is 5.87.